The van der Waals surface area contributed by atoms with E-state index in [1.54, 1.807) is 24.3 Å². The Morgan fingerprint density at radius 3 is 2.38 bits per heavy atom. The molecular formula is C11H15F2NOS. The van der Waals surface area contributed by atoms with Gasteiger partial charge in [0.2, 0.25) is 0 Å². The molecule has 1 aromatic rings. The molecule has 0 saturated carbocycles. The van der Waals surface area contributed by atoms with Gasteiger partial charge < -0.3 is 10.5 Å². The van der Waals surface area contributed by atoms with E-state index in [1.165, 1.54) is 7.11 Å². The van der Waals surface area contributed by atoms with Gasteiger partial charge in [-0.1, -0.05) is 23.9 Å². The maximum Gasteiger partial charge on any atom is 0.139 e. The molecule has 0 aromatic heterocycles. The Kier molecular flexibility index (Phi) is 5.73. The molecular weight excluding hydrogens is 232 g/mol. The van der Waals surface area contributed by atoms with Crippen LogP contribution < -0.4 is 5.73 Å². The van der Waals surface area contributed by atoms with Crippen LogP contribution in [0, 0.1) is 0 Å². The number of nitrogens with two attached hydrogens (primary N) is 1. The van der Waals surface area contributed by atoms with Gasteiger partial charge in [-0.2, -0.15) is 0 Å². The number of thioether (sulfide) groups is 1. The van der Waals surface area contributed by atoms with Crippen molar-refractivity contribution in [1.29, 1.82) is 0 Å². The van der Waals surface area contributed by atoms with Crippen LogP contribution in [0.3, 0.4) is 0 Å². The predicted molar refractivity (Wildman–Crippen MR) is 62.0 cm³/mol. The van der Waals surface area contributed by atoms with Crippen LogP contribution in [0.4, 0.5) is 8.78 Å². The van der Waals surface area contributed by atoms with E-state index in [-0.39, 0.29) is 0 Å². The van der Waals surface area contributed by atoms with Crippen LogP contribution in [0.15, 0.2) is 29.2 Å². The number of methoxy groups -OCH3 is 1. The van der Waals surface area contributed by atoms with Gasteiger partial charge in [0, 0.05) is 12.0 Å². The lowest BCUT2D eigenvalue weighted by molar-refractivity contribution is 0.0720. The molecule has 0 bridgehead atoms. The van der Waals surface area contributed by atoms with Gasteiger partial charge in [0.15, 0.2) is 0 Å². The number of hydrogen-bond acceptors (Lipinski definition) is 3. The predicted octanol–water partition coefficient (Wildman–Crippen LogP) is 2.69. The lowest BCUT2D eigenvalue weighted by Crippen LogP contribution is -2.31. The molecule has 0 fully saturated rings. The molecule has 2 nitrogen and oxygen atoms in total. The summed E-state index contributed by atoms with van der Waals surface area (Å²) >= 11 is 1.10. The van der Waals surface area contributed by atoms with Gasteiger partial charge in [-0.25, -0.2) is 8.78 Å². The summed E-state index contributed by atoms with van der Waals surface area (Å²) < 4.78 is 29.6. The molecule has 0 saturated heterocycles. The molecule has 16 heavy (non-hydrogen) atoms. The molecule has 2 unspecified atom stereocenters. The van der Waals surface area contributed by atoms with Crippen molar-refractivity contribution in [1.82, 2.24) is 0 Å². The Bertz CT molecular complexity index is 307. The third-order valence-electron chi connectivity index (χ3n) is 2.25. The van der Waals surface area contributed by atoms with Gasteiger partial charge in [-0.3, -0.25) is 0 Å². The minimum absolute atomic E-state index is 0.461. The fraction of sp³-hybridized carbons (Fsp3) is 0.455. The number of hydrogen-bond donors (Lipinski definition) is 1. The van der Waals surface area contributed by atoms with E-state index in [0.717, 1.165) is 22.2 Å². The van der Waals surface area contributed by atoms with Crippen LogP contribution in [-0.2, 0) is 4.74 Å². The van der Waals surface area contributed by atoms with Gasteiger partial charge in [0.25, 0.3) is 0 Å². The minimum Gasteiger partial charge on any atom is -0.375 e. The zero-order valence-corrected chi connectivity index (χ0v) is 9.84. The number of rotatable bonds is 6. The molecule has 0 heterocycles. The summed E-state index contributed by atoms with van der Waals surface area (Å²) in [7, 11) is 1.49. The van der Waals surface area contributed by atoms with Crippen molar-refractivity contribution in [2.24, 2.45) is 5.73 Å². The molecule has 0 radical (unpaired) electrons. The summed E-state index contributed by atoms with van der Waals surface area (Å²) in [5.74, 6) is 0. The van der Waals surface area contributed by atoms with E-state index in [9.17, 15) is 8.78 Å². The highest BCUT2D eigenvalue weighted by atomic mass is 32.2. The maximum absolute atomic E-state index is 12.5. The van der Waals surface area contributed by atoms with Crippen LogP contribution in [0.1, 0.15) is 11.7 Å². The first-order valence-electron chi connectivity index (χ1n) is 4.86. The molecule has 0 aliphatic carbocycles. The summed E-state index contributed by atoms with van der Waals surface area (Å²) in [6.45, 7) is -0.639. The zero-order valence-electron chi connectivity index (χ0n) is 9.03. The minimum atomic E-state index is -0.676. The standard InChI is InChI=1S/C11H15F2NOS/c1-15-11(10(14)6-12)8-2-4-9(5-3-8)16-7-13/h2-5,10-11H,6-7,14H2,1H3. The summed E-state index contributed by atoms with van der Waals surface area (Å²) in [4.78, 5) is 0.829. The fourth-order valence-electron chi connectivity index (χ4n) is 1.46. The molecule has 0 amide bonds. The largest absolute Gasteiger partial charge is 0.375 e. The molecule has 90 valence electrons. The SMILES string of the molecule is COC(c1ccc(SCF)cc1)C(N)CF. The van der Waals surface area contributed by atoms with Crippen molar-refractivity contribution in [2.45, 2.75) is 17.0 Å². The Morgan fingerprint density at radius 2 is 1.94 bits per heavy atom. The number of halogens is 2. The van der Waals surface area contributed by atoms with Crippen molar-refractivity contribution in [3.05, 3.63) is 29.8 Å². The summed E-state index contributed by atoms with van der Waals surface area (Å²) in [6, 6.07) is 5.97. The summed E-state index contributed by atoms with van der Waals surface area (Å²) in [6.07, 6.45) is -0.463. The van der Waals surface area contributed by atoms with Crippen LogP contribution in [0.5, 0.6) is 0 Å². The summed E-state index contributed by atoms with van der Waals surface area (Å²) in [5, 5.41) is 0. The van der Waals surface area contributed by atoms with Crippen molar-refractivity contribution in [2.75, 3.05) is 19.8 Å². The molecule has 0 aliphatic rings. The highest BCUT2D eigenvalue weighted by molar-refractivity contribution is 7.99. The average molecular weight is 247 g/mol. The van der Waals surface area contributed by atoms with Crippen molar-refractivity contribution < 1.29 is 13.5 Å². The summed E-state index contributed by atoms with van der Waals surface area (Å²) in [5.41, 5.74) is 6.39. The molecule has 1 aromatic carbocycles. The molecule has 2 atom stereocenters. The smallest absolute Gasteiger partial charge is 0.139 e. The Labute approximate surface area is 98.2 Å². The zero-order chi connectivity index (χ0) is 12.0. The van der Waals surface area contributed by atoms with Gasteiger partial charge in [0.05, 0.1) is 12.1 Å². The molecule has 0 spiro atoms. The van der Waals surface area contributed by atoms with E-state index < -0.39 is 24.8 Å². The van der Waals surface area contributed by atoms with Gasteiger partial charge in [-0.05, 0) is 17.7 Å². The van der Waals surface area contributed by atoms with Crippen LogP contribution >= 0.6 is 11.8 Å². The second-order valence-corrected chi connectivity index (χ2v) is 4.28. The van der Waals surface area contributed by atoms with E-state index in [2.05, 4.69) is 0 Å². The topological polar surface area (TPSA) is 35.2 Å². The highest BCUT2D eigenvalue weighted by Crippen LogP contribution is 2.24. The van der Waals surface area contributed by atoms with E-state index in [1.807, 2.05) is 0 Å². The van der Waals surface area contributed by atoms with Gasteiger partial charge in [0.1, 0.15) is 12.7 Å². The molecule has 0 aliphatic heterocycles. The van der Waals surface area contributed by atoms with Gasteiger partial charge in [-0.15, -0.1) is 0 Å². The first-order valence-corrected chi connectivity index (χ1v) is 5.84. The van der Waals surface area contributed by atoms with Crippen LogP contribution in [0.2, 0.25) is 0 Å². The Morgan fingerprint density at radius 1 is 1.31 bits per heavy atom. The van der Waals surface area contributed by atoms with E-state index in [4.69, 9.17) is 10.5 Å². The number of benzene rings is 1. The average Bonchev–Trinajstić information content (AvgIpc) is 2.32. The lowest BCUT2D eigenvalue weighted by Gasteiger charge is -2.20. The fourth-order valence-corrected chi connectivity index (χ4v) is 1.91. The third kappa shape index (κ3) is 3.43. The molecule has 2 N–H and O–H groups in total. The second kappa shape index (κ2) is 6.83. The monoisotopic (exact) mass is 247 g/mol. The van der Waals surface area contributed by atoms with E-state index >= 15 is 0 Å². The second-order valence-electron chi connectivity index (χ2n) is 3.30. The normalized spacial score (nSPS) is 14.8. The Hall–Kier alpha value is -0.650. The first kappa shape index (κ1) is 13.4. The third-order valence-corrected chi connectivity index (χ3v) is 2.97. The number of alkyl halides is 2. The Balaban J connectivity index is 2.78. The van der Waals surface area contributed by atoms with Gasteiger partial charge >= 0.3 is 0 Å². The van der Waals surface area contributed by atoms with E-state index in [0.29, 0.717) is 0 Å². The molecule has 5 heteroatoms. The first-order chi connectivity index (χ1) is 7.72. The quantitative estimate of drug-likeness (QED) is 0.785. The van der Waals surface area contributed by atoms with Crippen molar-refractivity contribution in [3.8, 4) is 0 Å². The van der Waals surface area contributed by atoms with Crippen molar-refractivity contribution >= 4 is 11.8 Å². The van der Waals surface area contributed by atoms with Crippen LogP contribution in [0.25, 0.3) is 0 Å². The lowest BCUT2D eigenvalue weighted by atomic mass is 10.0. The maximum atomic E-state index is 12.5. The highest BCUT2D eigenvalue weighted by Gasteiger charge is 2.18. The van der Waals surface area contributed by atoms with Crippen molar-refractivity contribution in [3.63, 3.8) is 0 Å². The number of ether oxygens (including phenoxy) is 1. The molecule has 1 rings (SSSR count). The van der Waals surface area contributed by atoms with Crippen LogP contribution in [-0.4, -0.2) is 25.8 Å².